The summed E-state index contributed by atoms with van der Waals surface area (Å²) in [4.78, 5) is 0. The summed E-state index contributed by atoms with van der Waals surface area (Å²) in [6, 6.07) is 34.3. The van der Waals surface area contributed by atoms with Crippen molar-refractivity contribution in [3.8, 4) is 0 Å². The molecule has 0 aliphatic carbocycles. The molecule has 0 atom stereocenters. The average Bonchev–Trinajstić information content (AvgIpc) is 2.68. The summed E-state index contributed by atoms with van der Waals surface area (Å²) in [6.07, 6.45) is 0. The Morgan fingerprint density at radius 1 is 0.433 bits per heavy atom. The summed E-state index contributed by atoms with van der Waals surface area (Å²) < 4.78 is 20.6. The first-order chi connectivity index (χ1) is 14.4. The lowest BCUT2D eigenvalue weighted by Gasteiger charge is -2.50. The number of hydrogen-bond donors (Lipinski definition) is 0. The van der Waals surface area contributed by atoms with E-state index < -0.39 is 25.7 Å². The Kier molecular flexibility index (Phi) is 6.24. The second-order valence-electron chi connectivity index (χ2n) is 8.69. The lowest BCUT2D eigenvalue weighted by atomic mass is 10.2. The van der Waals surface area contributed by atoms with Crippen molar-refractivity contribution in [2.24, 2.45) is 0 Å². The molecule has 0 radical (unpaired) electrons. The first-order valence-corrected chi connectivity index (χ1v) is 18.1. The number of benzene rings is 3. The van der Waals surface area contributed by atoms with Crippen LogP contribution in [0, 0.1) is 0 Å². The van der Waals surface area contributed by atoms with Crippen molar-refractivity contribution >= 4 is 25.7 Å². The van der Waals surface area contributed by atoms with Gasteiger partial charge in [0, 0.05) is 18.1 Å². The highest BCUT2D eigenvalue weighted by Crippen LogP contribution is 2.35. The van der Waals surface area contributed by atoms with Crippen LogP contribution in [0.15, 0.2) is 91.0 Å². The standard InChI is InChI=1S/C24H30O3Si3/c1-28(19-22-13-7-4-8-14-22)25-29(2,20-23-15-9-5-10-16-23)27-30(3,26-28)21-24-17-11-6-12-18-24/h4-18H,19-21H2,1-3H3. The molecule has 1 saturated heterocycles. The zero-order valence-corrected chi connectivity index (χ0v) is 21.0. The maximum Gasteiger partial charge on any atom is 0.321 e. The Morgan fingerprint density at radius 2 is 0.667 bits per heavy atom. The van der Waals surface area contributed by atoms with Crippen molar-refractivity contribution in [3.63, 3.8) is 0 Å². The van der Waals surface area contributed by atoms with E-state index in [-0.39, 0.29) is 0 Å². The quantitative estimate of drug-likeness (QED) is 0.457. The molecule has 3 aromatic rings. The van der Waals surface area contributed by atoms with E-state index in [0.29, 0.717) is 0 Å². The Balaban J connectivity index is 1.64. The summed E-state index contributed by atoms with van der Waals surface area (Å²) in [5.74, 6) is 0. The minimum absolute atomic E-state index is 0.853. The minimum atomic E-state index is -2.46. The van der Waals surface area contributed by atoms with Gasteiger partial charge in [0.1, 0.15) is 0 Å². The first kappa shape index (κ1) is 21.4. The minimum Gasteiger partial charge on any atom is -0.415 e. The van der Waals surface area contributed by atoms with Crippen LogP contribution in [-0.2, 0) is 30.5 Å². The zero-order valence-electron chi connectivity index (χ0n) is 18.0. The van der Waals surface area contributed by atoms with Crippen LogP contribution >= 0.6 is 0 Å². The van der Waals surface area contributed by atoms with E-state index in [1.165, 1.54) is 16.7 Å². The largest absolute Gasteiger partial charge is 0.415 e. The topological polar surface area (TPSA) is 27.7 Å². The van der Waals surface area contributed by atoms with Gasteiger partial charge in [-0.1, -0.05) is 91.0 Å². The fourth-order valence-electron chi connectivity index (χ4n) is 4.55. The van der Waals surface area contributed by atoms with Gasteiger partial charge in [0.25, 0.3) is 0 Å². The van der Waals surface area contributed by atoms with E-state index in [9.17, 15) is 0 Å². The maximum absolute atomic E-state index is 6.87. The number of hydrogen-bond acceptors (Lipinski definition) is 3. The van der Waals surface area contributed by atoms with Crippen LogP contribution in [0.25, 0.3) is 0 Å². The van der Waals surface area contributed by atoms with Crippen LogP contribution in [0.3, 0.4) is 0 Å². The van der Waals surface area contributed by atoms with E-state index in [4.69, 9.17) is 12.3 Å². The lowest BCUT2D eigenvalue weighted by molar-refractivity contribution is 0.220. The molecule has 1 aliphatic heterocycles. The summed E-state index contributed by atoms with van der Waals surface area (Å²) in [6.45, 7) is 6.69. The van der Waals surface area contributed by atoms with Crippen LogP contribution < -0.4 is 0 Å². The molecule has 0 bridgehead atoms. The average molecular weight is 451 g/mol. The molecule has 156 valence electrons. The lowest BCUT2D eigenvalue weighted by Crippen LogP contribution is -2.70. The van der Waals surface area contributed by atoms with Crippen LogP contribution in [-0.4, -0.2) is 25.7 Å². The molecule has 0 amide bonds. The zero-order chi connectivity index (χ0) is 21.1. The van der Waals surface area contributed by atoms with Crippen molar-refractivity contribution in [1.29, 1.82) is 0 Å². The molecule has 3 nitrogen and oxygen atoms in total. The van der Waals surface area contributed by atoms with Gasteiger partial charge in [-0.05, 0) is 36.3 Å². The van der Waals surface area contributed by atoms with E-state index in [1.54, 1.807) is 0 Å². The molecule has 6 heteroatoms. The van der Waals surface area contributed by atoms with Gasteiger partial charge in [0.15, 0.2) is 0 Å². The molecule has 1 heterocycles. The normalized spacial score (nSPS) is 28.9. The van der Waals surface area contributed by atoms with Crippen molar-refractivity contribution in [2.45, 2.75) is 37.8 Å². The molecule has 0 aromatic heterocycles. The van der Waals surface area contributed by atoms with Gasteiger partial charge in [-0.25, -0.2) is 0 Å². The molecule has 0 saturated carbocycles. The van der Waals surface area contributed by atoms with Gasteiger partial charge in [0.2, 0.25) is 0 Å². The van der Waals surface area contributed by atoms with Gasteiger partial charge in [-0.15, -0.1) is 0 Å². The predicted molar refractivity (Wildman–Crippen MR) is 129 cm³/mol. The highest BCUT2D eigenvalue weighted by Gasteiger charge is 2.56. The van der Waals surface area contributed by atoms with Crippen molar-refractivity contribution in [3.05, 3.63) is 108 Å². The molecular weight excluding hydrogens is 421 g/mol. The molecule has 4 rings (SSSR count). The summed E-state index contributed by atoms with van der Waals surface area (Å²) >= 11 is 0. The predicted octanol–water partition coefficient (Wildman–Crippen LogP) is 5.61. The Labute approximate surface area is 183 Å². The SMILES string of the molecule is C[Si]1(Cc2ccccc2)O[Si](C)(Cc2ccccc2)O[Si](C)(Cc2ccccc2)O1. The van der Waals surface area contributed by atoms with E-state index >= 15 is 0 Å². The van der Waals surface area contributed by atoms with Gasteiger partial charge in [-0.3, -0.25) is 0 Å². The van der Waals surface area contributed by atoms with Crippen LogP contribution in [0.1, 0.15) is 16.7 Å². The first-order valence-electron chi connectivity index (χ1n) is 10.6. The van der Waals surface area contributed by atoms with Gasteiger partial charge in [-0.2, -0.15) is 0 Å². The second kappa shape index (κ2) is 8.74. The molecule has 1 aliphatic rings. The molecule has 30 heavy (non-hydrogen) atoms. The smallest absolute Gasteiger partial charge is 0.321 e. The summed E-state index contributed by atoms with van der Waals surface area (Å²) in [5, 5.41) is 0. The third-order valence-corrected chi connectivity index (χ3v) is 18.9. The van der Waals surface area contributed by atoms with Gasteiger partial charge >= 0.3 is 25.7 Å². The third kappa shape index (κ3) is 5.46. The maximum atomic E-state index is 6.87. The number of rotatable bonds is 6. The molecule has 0 N–H and O–H groups in total. The second-order valence-corrected chi connectivity index (χ2v) is 19.0. The Morgan fingerprint density at radius 3 is 0.900 bits per heavy atom. The van der Waals surface area contributed by atoms with Crippen LogP contribution in [0.5, 0.6) is 0 Å². The fraction of sp³-hybridized carbons (Fsp3) is 0.250. The van der Waals surface area contributed by atoms with Crippen LogP contribution in [0.4, 0.5) is 0 Å². The van der Waals surface area contributed by atoms with Crippen molar-refractivity contribution in [2.75, 3.05) is 0 Å². The van der Waals surface area contributed by atoms with E-state index in [2.05, 4.69) is 111 Å². The monoisotopic (exact) mass is 450 g/mol. The summed E-state index contributed by atoms with van der Waals surface area (Å²) in [5.41, 5.74) is 3.84. The van der Waals surface area contributed by atoms with E-state index in [1.807, 2.05) is 0 Å². The van der Waals surface area contributed by atoms with E-state index in [0.717, 1.165) is 18.1 Å². The molecule has 0 unspecified atom stereocenters. The highest BCUT2D eigenvalue weighted by molar-refractivity contribution is 6.93. The highest BCUT2D eigenvalue weighted by atomic mass is 28.5. The van der Waals surface area contributed by atoms with Crippen LogP contribution in [0.2, 0.25) is 19.6 Å². The summed E-state index contributed by atoms with van der Waals surface area (Å²) in [7, 11) is -7.37. The fourth-order valence-corrected chi connectivity index (χ4v) is 21.8. The molecule has 1 fully saturated rings. The van der Waals surface area contributed by atoms with Crippen molar-refractivity contribution in [1.82, 2.24) is 0 Å². The molecular formula is C24H30O3Si3. The van der Waals surface area contributed by atoms with Gasteiger partial charge < -0.3 is 12.3 Å². The van der Waals surface area contributed by atoms with Gasteiger partial charge in [0.05, 0.1) is 0 Å². The molecule has 0 spiro atoms. The Hall–Kier alpha value is -1.81. The third-order valence-electron chi connectivity index (χ3n) is 5.40. The Bertz CT molecular complexity index is 818. The molecule has 3 aromatic carbocycles. The van der Waals surface area contributed by atoms with Crippen molar-refractivity contribution < 1.29 is 12.3 Å².